The van der Waals surface area contributed by atoms with Crippen LogP contribution in [-0.2, 0) is 39.1 Å². The maximum Gasteiger partial charge on any atom is 0 e. The SMILES string of the molecule is [CH2-]CCCCC1CCC(Cc2ccccc2)CC1.[Y]. The van der Waals surface area contributed by atoms with Crippen molar-refractivity contribution in [2.45, 2.75) is 57.8 Å². The summed E-state index contributed by atoms with van der Waals surface area (Å²) in [7, 11) is 0. The summed E-state index contributed by atoms with van der Waals surface area (Å²) in [4.78, 5) is 0. The Morgan fingerprint density at radius 1 is 0.895 bits per heavy atom. The molecule has 1 radical (unpaired) electrons. The number of rotatable bonds is 6. The van der Waals surface area contributed by atoms with Crippen LogP contribution in [0.25, 0.3) is 0 Å². The Bertz CT molecular complexity index is 312. The van der Waals surface area contributed by atoms with Gasteiger partial charge in [-0.25, -0.2) is 0 Å². The predicted molar refractivity (Wildman–Crippen MR) is 79.4 cm³/mol. The predicted octanol–water partition coefficient (Wildman–Crippen LogP) is 5.43. The summed E-state index contributed by atoms with van der Waals surface area (Å²) in [6.45, 7) is 3.93. The molecule has 19 heavy (non-hydrogen) atoms. The van der Waals surface area contributed by atoms with Crippen LogP contribution in [0.4, 0.5) is 0 Å². The molecule has 0 aromatic heterocycles. The van der Waals surface area contributed by atoms with Crippen molar-refractivity contribution in [2.24, 2.45) is 11.8 Å². The standard InChI is InChI=1S/C18H27.Y/c1-2-3-5-8-16-11-13-18(14-12-16)15-17-9-6-4-7-10-17;/h4,6-7,9-10,16,18H,1-3,5,8,11-15H2;/q-1;. The van der Waals surface area contributed by atoms with Gasteiger partial charge in [-0.3, -0.25) is 0 Å². The summed E-state index contributed by atoms with van der Waals surface area (Å²) in [6, 6.07) is 11.0. The van der Waals surface area contributed by atoms with Gasteiger partial charge in [0.2, 0.25) is 0 Å². The maximum absolute atomic E-state index is 3.93. The molecule has 1 aromatic rings. The van der Waals surface area contributed by atoms with Crippen LogP contribution in [-0.4, -0.2) is 0 Å². The summed E-state index contributed by atoms with van der Waals surface area (Å²) in [5, 5.41) is 0. The minimum Gasteiger partial charge on any atom is -0.343 e. The third-order valence-corrected chi connectivity index (χ3v) is 4.45. The first-order valence-electron chi connectivity index (χ1n) is 7.71. The second kappa shape index (κ2) is 10.1. The fourth-order valence-electron chi connectivity index (χ4n) is 3.28. The average molecular weight is 332 g/mol. The fourth-order valence-corrected chi connectivity index (χ4v) is 3.28. The number of hydrogen-bond acceptors (Lipinski definition) is 0. The Balaban J connectivity index is 0.00000180. The molecule has 103 valence electrons. The van der Waals surface area contributed by atoms with Crippen molar-refractivity contribution in [1.82, 2.24) is 0 Å². The molecule has 1 aliphatic carbocycles. The minimum absolute atomic E-state index is 0. The molecule has 1 aliphatic rings. The van der Waals surface area contributed by atoms with Crippen LogP contribution in [0.2, 0.25) is 0 Å². The van der Waals surface area contributed by atoms with Crippen molar-refractivity contribution in [3.8, 4) is 0 Å². The summed E-state index contributed by atoms with van der Waals surface area (Å²) in [5.41, 5.74) is 1.53. The first-order chi connectivity index (χ1) is 8.88. The monoisotopic (exact) mass is 332 g/mol. The maximum atomic E-state index is 3.93. The molecule has 0 saturated heterocycles. The van der Waals surface area contributed by atoms with Crippen LogP contribution in [0.1, 0.15) is 56.9 Å². The normalized spacial score (nSPS) is 22.8. The molecule has 0 heterocycles. The van der Waals surface area contributed by atoms with E-state index in [0.29, 0.717) is 0 Å². The number of benzene rings is 1. The van der Waals surface area contributed by atoms with Gasteiger partial charge in [0.05, 0.1) is 0 Å². The van der Waals surface area contributed by atoms with Gasteiger partial charge in [-0.2, -0.15) is 6.42 Å². The average Bonchev–Trinajstić information content (AvgIpc) is 2.42. The summed E-state index contributed by atoms with van der Waals surface area (Å²) < 4.78 is 0. The molecule has 1 heteroatoms. The Kier molecular flexibility index (Phi) is 9.24. The van der Waals surface area contributed by atoms with Gasteiger partial charge in [0.1, 0.15) is 0 Å². The van der Waals surface area contributed by atoms with E-state index >= 15 is 0 Å². The van der Waals surface area contributed by atoms with E-state index in [1.165, 1.54) is 56.9 Å². The van der Waals surface area contributed by atoms with Crippen LogP contribution >= 0.6 is 0 Å². The molecule has 2 rings (SSSR count). The zero-order valence-electron chi connectivity index (χ0n) is 12.2. The van der Waals surface area contributed by atoms with Crippen molar-refractivity contribution >= 4 is 0 Å². The second-order valence-electron chi connectivity index (χ2n) is 5.93. The van der Waals surface area contributed by atoms with Crippen molar-refractivity contribution in [3.05, 3.63) is 42.8 Å². The Labute approximate surface area is 144 Å². The molecule has 1 fully saturated rings. The van der Waals surface area contributed by atoms with Crippen molar-refractivity contribution < 1.29 is 32.7 Å². The summed E-state index contributed by atoms with van der Waals surface area (Å²) in [5.74, 6) is 1.96. The van der Waals surface area contributed by atoms with Crippen LogP contribution < -0.4 is 0 Å². The largest absolute Gasteiger partial charge is 0.343 e. The van der Waals surface area contributed by atoms with E-state index in [1.54, 1.807) is 0 Å². The fraction of sp³-hybridized carbons (Fsp3) is 0.611. The first kappa shape index (κ1) is 17.4. The molecule has 0 amide bonds. The van der Waals surface area contributed by atoms with Crippen LogP contribution in [0.15, 0.2) is 30.3 Å². The van der Waals surface area contributed by atoms with Gasteiger partial charge < -0.3 is 6.92 Å². The van der Waals surface area contributed by atoms with E-state index in [2.05, 4.69) is 37.3 Å². The van der Waals surface area contributed by atoms with E-state index in [0.717, 1.165) is 18.3 Å². The first-order valence-corrected chi connectivity index (χ1v) is 7.71. The quantitative estimate of drug-likeness (QED) is 0.481. The molecule has 0 spiro atoms. The Morgan fingerprint density at radius 3 is 2.16 bits per heavy atom. The van der Waals surface area contributed by atoms with Crippen LogP contribution in [0, 0.1) is 18.8 Å². The third-order valence-electron chi connectivity index (χ3n) is 4.45. The molecule has 0 unspecified atom stereocenters. The van der Waals surface area contributed by atoms with E-state index in [9.17, 15) is 0 Å². The minimum atomic E-state index is 0. The molecule has 0 bridgehead atoms. The van der Waals surface area contributed by atoms with Gasteiger partial charge in [-0.05, 0) is 36.7 Å². The molecule has 0 atom stereocenters. The smallest absolute Gasteiger partial charge is 0 e. The molecule has 0 nitrogen and oxygen atoms in total. The van der Waals surface area contributed by atoms with Gasteiger partial charge in [-0.15, -0.1) is 0 Å². The van der Waals surface area contributed by atoms with Crippen molar-refractivity contribution in [3.63, 3.8) is 0 Å². The molecule has 1 aromatic carbocycles. The topological polar surface area (TPSA) is 0 Å². The van der Waals surface area contributed by atoms with Gasteiger partial charge in [-0.1, -0.05) is 62.4 Å². The Morgan fingerprint density at radius 2 is 1.53 bits per heavy atom. The summed E-state index contributed by atoms with van der Waals surface area (Å²) in [6.07, 6.45) is 12.4. The zero-order valence-corrected chi connectivity index (χ0v) is 15.0. The van der Waals surface area contributed by atoms with Crippen LogP contribution in [0.5, 0.6) is 0 Å². The molecular formula is C18H27Y-. The number of hydrogen-bond donors (Lipinski definition) is 0. The van der Waals surface area contributed by atoms with E-state index in [4.69, 9.17) is 0 Å². The van der Waals surface area contributed by atoms with Gasteiger partial charge >= 0.3 is 0 Å². The van der Waals surface area contributed by atoms with Crippen molar-refractivity contribution in [2.75, 3.05) is 0 Å². The molecular weight excluding hydrogens is 305 g/mol. The number of unbranched alkanes of at least 4 members (excludes halogenated alkanes) is 2. The third kappa shape index (κ3) is 6.54. The van der Waals surface area contributed by atoms with E-state index in [1.807, 2.05) is 0 Å². The van der Waals surface area contributed by atoms with Gasteiger partial charge in [0.15, 0.2) is 0 Å². The van der Waals surface area contributed by atoms with Crippen LogP contribution in [0.3, 0.4) is 0 Å². The van der Waals surface area contributed by atoms with Crippen molar-refractivity contribution in [1.29, 1.82) is 0 Å². The molecule has 1 saturated carbocycles. The summed E-state index contributed by atoms with van der Waals surface area (Å²) >= 11 is 0. The Hall–Kier alpha value is 0.324. The molecule has 0 N–H and O–H groups in total. The zero-order chi connectivity index (χ0) is 12.6. The van der Waals surface area contributed by atoms with Gasteiger partial charge in [0, 0.05) is 32.7 Å². The van der Waals surface area contributed by atoms with Gasteiger partial charge in [0.25, 0.3) is 0 Å². The molecule has 0 aliphatic heterocycles. The van der Waals surface area contributed by atoms with E-state index in [-0.39, 0.29) is 32.7 Å². The van der Waals surface area contributed by atoms with E-state index < -0.39 is 0 Å². The second-order valence-corrected chi connectivity index (χ2v) is 5.93.